The van der Waals surface area contributed by atoms with Crippen LogP contribution in [-0.4, -0.2) is 25.7 Å². The van der Waals surface area contributed by atoms with E-state index in [4.69, 9.17) is 0 Å². The van der Waals surface area contributed by atoms with Crippen molar-refractivity contribution in [3.63, 3.8) is 0 Å². The Bertz CT molecular complexity index is 487. The second-order valence-electron chi connectivity index (χ2n) is 5.69. The third kappa shape index (κ3) is 3.53. The Morgan fingerprint density at radius 3 is 2.70 bits per heavy atom. The zero-order valence-electron chi connectivity index (χ0n) is 12.2. The average Bonchev–Trinajstić information content (AvgIpc) is 2.45. The quantitative estimate of drug-likeness (QED) is 0.914. The predicted molar refractivity (Wildman–Crippen MR) is 86.9 cm³/mol. The van der Waals surface area contributed by atoms with Crippen molar-refractivity contribution in [2.24, 2.45) is 5.92 Å². The largest absolute Gasteiger partial charge is 0.368 e. The highest BCUT2D eigenvalue weighted by Crippen LogP contribution is 2.30. The second-order valence-corrected chi connectivity index (χ2v) is 6.54. The lowest BCUT2D eigenvalue weighted by Crippen LogP contribution is -2.39. The SMILES string of the molecule is CC(C)N(CC1CCNCC1)c1cccc(Br)c1C#N. The van der Waals surface area contributed by atoms with Gasteiger partial charge in [-0.25, -0.2) is 0 Å². The first-order valence-corrected chi connectivity index (χ1v) is 8.08. The number of piperidine rings is 1. The van der Waals surface area contributed by atoms with Crippen LogP contribution in [0.1, 0.15) is 32.3 Å². The topological polar surface area (TPSA) is 39.1 Å². The highest BCUT2D eigenvalue weighted by atomic mass is 79.9. The summed E-state index contributed by atoms with van der Waals surface area (Å²) in [7, 11) is 0. The molecule has 0 aliphatic carbocycles. The van der Waals surface area contributed by atoms with Crippen LogP contribution in [0.15, 0.2) is 22.7 Å². The van der Waals surface area contributed by atoms with E-state index < -0.39 is 0 Å². The molecule has 0 spiro atoms. The van der Waals surface area contributed by atoms with Crippen LogP contribution in [0.2, 0.25) is 0 Å². The zero-order valence-corrected chi connectivity index (χ0v) is 13.8. The van der Waals surface area contributed by atoms with Gasteiger partial charge in [0, 0.05) is 17.1 Å². The summed E-state index contributed by atoms with van der Waals surface area (Å²) in [5.41, 5.74) is 1.80. The maximum atomic E-state index is 9.42. The Morgan fingerprint density at radius 2 is 2.10 bits per heavy atom. The number of hydrogen-bond acceptors (Lipinski definition) is 3. The van der Waals surface area contributed by atoms with Gasteiger partial charge in [0.1, 0.15) is 6.07 Å². The van der Waals surface area contributed by atoms with Crippen LogP contribution in [0.4, 0.5) is 5.69 Å². The first-order valence-electron chi connectivity index (χ1n) is 7.29. The minimum Gasteiger partial charge on any atom is -0.368 e. The summed E-state index contributed by atoms with van der Waals surface area (Å²) >= 11 is 3.49. The lowest BCUT2D eigenvalue weighted by atomic mass is 9.96. The molecule has 1 aromatic rings. The molecule has 1 fully saturated rings. The molecule has 4 heteroatoms. The van der Waals surface area contributed by atoms with Gasteiger partial charge in [0.15, 0.2) is 0 Å². The fraction of sp³-hybridized carbons (Fsp3) is 0.562. The maximum absolute atomic E-state index is 9.42. The van der Waals surface area contributed by atoms with Gasteiger partial charge in [-0.05, 0) is 73.8 Å². The number of nitrogens with zero attached hydrogens (tertiary/aromatic N) is 2. The Hall–Kier alpha value is -1.05. The number of rotatable bonds is 4. The lowest BCUT2D eigenvalue weighted by molar-refractivity contribution is 0.367. The van der Waals surface area contributed by atoms with E-state index in [1.807, 2.05) is 12.1 Å². The Morgan fingerprint density at radius 1 is 1.40 bits per heavy atom. The van der Waals surface area contributed by atoms with Gasteiger partial charge in [-0.3, -0.25) is 0 Å². The molecule has 0 saturated carbocycles. The van der Waals surface area contributed by atoms with Crippen LogP contribution in [-0.2, 0) is 0 Å². The van der Waals surface area contributed by atoms with E-state index in [9.17, 15) is 5.26 Å². The summed E-state index contributed by atoms with van der Waals surface area (Å²) < 4.78 is 0.883. The summed E-state index contributed by atoms with van der Waals surface area (Å²) in [6.07, 6.45) is 2.44. The average molecular weight is 336 g/mol. The molecule has 3 nitrogen and oxygen atoms in total. The van der Waals surface area contributed by atoms with Crippen LogP contribution in [0, 0.1) is 17.2 Å². The van der Waals surface area contributed by atoms with Crippen molar-refractivity contribution >= 4 is 21.6 Å². The van der Waals surface area contributed by atoms with Crippen LogP contribution in [0.25, 0.3) is 0 Å². The second kappa shape index (κ2) is 7.10. The van der Waals surface area contributed by atoms with Crippen molar-refractivity contribution in [1.29, 1.82) is 5.26 Å². The summed E-state index contributed by atoms with van der Waals surface area (Å²) in [5.74, 6) is 0.712. The molecule has 108 valence electrons. The lowest BCUT2D eigenvalue weighted by Gasteiger charge is -2.35. The van der Waals surface area contributed by atoms with E-state index in [1.54, 1.807) is 0 Å². The normalized spacial score (nSPS) is 16.1. The number of benzene rings is 1. The highest BCUT2D eigenvalue weighted by Gasteiger charge is 2.21. The fourth-order valence-electron chi connectivity index (χ4n) is 2.79. The number of nitriles is 1. The van der Waals surface area contributed by atoms with Gasteiger partial charge in [0.05, 0.1) is 11.3 Å². The van der Waals surface area contributed by atoms with E-state index >= 15 is 0 Å². The summed E-state index contributed by atoms with van der Waals surface area (Å²) in [5, 5.41) is 12.8. The van der Waals surface area contributed by atoms with Crippen molar-refractivity contribution in [2.75, 3.05) is 24.5 Å². The first kappa shape index (κ1) is 15.3. The number of halogens is 1. The van der Waals surface area contributed by atoms with Crippen LogP contribution < -0.4 is 10.2 Å². The molecule has 2 rings (SSSR count). The van der Waals surface area contributed by atoms with Crippen molar-refractivity contribution < 1.29 is 0 Å². The van der Waals surface area contributed by atoms with Crippen LogP contribution in [0.5, 0.6) is 0 Å². The minimum atomic E-state index is 0.395. The number of nitrogens with one attached hydrogen (secondary N) is 1. The van der Waals surface area contributed by atoms with Crippen molar-refractivity contribution in [1.82, 2.24) is 5.32 Å². The molecule has 1 aliphatic heterocycles. The number of anilines is 1. The molecule has 0 unspecified atom stereocenters. The molecular formula is C16H22BrN3. The van der Waals surface area contributed by atoms with Crippen LogP contribution in [0.3, 0.4) is 0 Å². The Kier molecular flexibility index (Phi) is 5.45. The predicted octanol–water partition coefficient (Wildman–Crippen LogP) is 3.54. The van der Waals surface area contributed by atoms with Gasteiger partial charge in [0.25, 0.3) is 0 Å². The van der Waals surface area contributed by atoms with Gasteiger partial charge in [-0.15, -0.1) is 0 Å². The van der Waals surface area contributed by atoms with E-state index in [-0.39, 0.29) is 0 Å². The van der Waals surface area contributed by atoms with Crippen molar-refractivity contribution in [3.8, 4) is 6.07 Å². The molecule has 1 saturated heterocycles. The third-order valence-electron chi connectivity index (χ3n) is 3.95. The molecule has 0 radical (unpaired) electrons. The molecule has 0 atom stereocenters. The zero-order chi connectivity index (χ0) is 14.5. The van der Waals surface area contributed by atoms with Crippen LogP contribution >= 0.6 is 15.9 Å². The summed E-state index contributed by atoms with van der Waals surface area (Å²) in [6, 6.07) is 8.74. The molecular weight excluding hydrogens is 314 g/mol. The molecule has 0 bridgehead atoms. The van der Waals surface area contributed by atoms with Gasteiger partial charge in [-0.2, -0.15) is 5.26 Å². The first-order chi connectivity index (χ1) is 9.63. The Balaban J connectivity index is 2.24. The molecule has 1 aromatic carbocycles. The van der Waals surface area contributed by atoms with E-state index in [1.165, 1.54) is 12.8 Å². The fourth-order valence-corrected chi connectivity index (χ4v) is 3.24. The molecule has 1 N–H and O–H groups in total. The van der Waals surface area contributed by atoms with E-state index in [0.29, 0.717) is 12.0 Å². The van der Waals surface area contributed by atoms with Gasteiger partial charge in [0.2, 0.25) is 0 Å². The third-order valence-corrected chi connectivity index (χ3v) is 4.61. The Labute approximate surface area is 130 Å². The summed E-state index contributed by atoms with van der Waals surface area (Å²) in [6.45, 7) is 7.65. The molecule has 0 amide bonds. The molecule has 0 aromatic heterocycles. The van der Waals surface area contributed by atoms with Crippen molar-refractivity contribution in [3.05, 3.63) is 28.2 Å². The monoisotopic (exact) mass is 335 g/mol. The van der Waals surface area contributed by atoms with Gasteiger partial charge < -0.3 is 10.2 Å². The maximum Gasteiger partial charge on any atom is 0.103 e. The van der Waals surface area contributed by atoms with Gasteiger partial charge in [-0.1, -0.05) is 6.07 Å². The molecule has 1 heterocycles. The van der Waals surface area contributed by atoms with Gasteiger partial charge >= 0.3 is 0 Å². The standard InChI is InChI=1S/C16H22BrN3/c1-12(2)20(11-13-6-8-19-9-7-13)16-5-3-4-15(17)14(16)10-18/h3-5,12-13,19H,6-9,11H2,1-2H3. The highest BCUT2D eigenvalue weighted by molar-refractivity contribution is 9.10. The van der Waals surface area contributed by atoms with Crippen molar-refractivity contribution in [2.45, 2.75) is 32.7 Å². The molecule has 20 heavy (non-hydrogen) atoms. The minimum absolute atomic E-state index is 0.395. The summed E-state index contributed by atoms with van der Waals surface area (Å²) in [4.78, 5) is 2.37. The smallest absolute Gasteiger partial charge is 0.103 e. The number of hydrogen-bond donors (Lipinski definition) is 1. The van der Waals surface area contributed by atoms with E-state index in [0.717, 1.165) is 35.4 Å². The van der Waals surface area contributed by atoms with E-state index in [2.05, 4.69) is 52.1 Å². The molecule has 1 aliphatic rings.